The van der Waals surface area contributed by atoms with E-state index in [-0.39, 0.29) is 10.8 Å². The minimum Gasteiger partial charge on any atom is -0.392 e. The van der Waals surface area contributed by atoms with Gasteiger partial charge in [-0.05, 0) is 52.2 Å². The SMILES string of the molecule is Cc1cc(S(=O)(=O)Nc2cccc(CO)c2)sc1Br. The van der Waals surface area contributed by atoms with Crippen molar-refractivity contribution in [3.05, 3.63) is 45.2 Å². The summed E-state index contributed by atoms with van der Waals surface area (Å²) in [5.41, 5.74) is 1.98. The van der Waals surface area contributed by atoms with E-state index in [4.69, 9.17) is 5.11 Å². The topological polar surface area (TPSA) is 66.4 Å². The third-order valence-electron chi connectivity index (χ3n) is 2.46. The molecule has 0 bridgehead atoms. The third-order valence-corrected chi connectivity index (χ3v) is 6.45. The molecule has 0 unspecified atom stereocenters. The first kappa shape index (κ1) is 14.5. The van der Waals surface area contributed by atoms with Crippen molar-refractivity contribution >= 4 is 43.0 Å². The number of sulfonamides is 1. The second-order valence-corrected chi connectivity index (χ2v) is 8.27. The Morgan fingerprint density at radius 3 is 2.68 bits per heavy atom. The van der Waals surface area contributed by atoms with E-state index in [0.29, 0.717) is 11.3 Å². The first-order valence-electron chi connectivity index (χ1n) is 5.41. The van der Waals surface area contributed by atoms with Crippen molar-refractivity contribution in [1.29, 1.82) is 0 Å². The highest BCUT2D eigenvalue weighted by Crippen LogP contribution is 2.31. The second kappa shape index (κ2) is 5.62. The van der Waals surface area contributed by atoms with Crippen molar-refractivity contribution in [3.63, 3.8) is 0 Å². The molecule has 7 heteroatoms. The van der Waals surface area contributed by atoms with E-state index in [9.17, 15) is 8.42 Å². The molecule has 4 nitrogen and oxygen atoms in total. The van der Waals surface area contributed by atoms with E-state index in [1.807, 2.05) is 6.92 Å². The standard InChI is InChI=1S/C12H12BrNO3S2/c1-8-5-11(18-12(8)13)19(16,17)14-10-4-2-3-9(6-10)7-15/h2-6,14-15H,7H2,1H3. The molecule has 0 saturated heterocycles. The van der Waals surface area contributed by atoms with E-state index in [0.717, 1.165) is 9.35 Å². The fraction of sp³-hybridized carbons (Fsp3) is 0.167. The van der Waals surface area contributed by atoms with E-state index in [2.05, 4.69) is 20.7 Å². The van der Waals surface area contributed by atoms with Crippen LogP contribution in [0.25, 0.3) is 0 Å². The van der Waals surface area contributed by atoms with Gasteiger partial charge in [0, 0.05) is 5.69 Å². The Balaban J connectivity index is 2.30. The van der Waals surface area contributed by atoms with Crippen LogP contribution in [0.5, 0.6) is 0 Å². The van der Waals surface area contributed by atoms with Crippen molar-refractivity contribution in [2.45, 2.75) is 17.7 Å². The zero-order valence-electron chi connectivity index (χ0n) is 10.1. The maximum atomic E-state index is 12.2. The number of nitrogens with one attached hydrogen (secondary N) is 1. The van der Waals surface area contributed by atoms with Crippen LogP contribution in [0.1, 0.15) is 11.1 Å². The van der Waals surface area contributed by atoms with Crippen LogP contribution in [-0.4, -0.2) is 13.5 Å². The summed E-state index contributed by atoms with van der Waals surface area (Å²) in [5, 5.41) is 9.04. The van der Waals surface area contributed by atoms with Crippen molar-refractivity contribution < 1.29 is 13.5 Å². The quantitative estimate of drug-likeness (QED) is 0.878. The van der Waals surface area contributed by atoms with E-state index < -0.39 is 10.0 Å². The molecule has 1 aromatic heterocycles. The van der Waals surface area contributed by atoms with Crippen LogP contribution >= 0.6 is 27.3 Å². The van der Waals surface area contributed by atoms with Crippen molar-refractivity contribution in [1.82, 2.24) is 0 Å². The summed E-state index contributed by atoms with van der Waals surface area (Å²) in [6.07, 6.45) is 0. The largest absolute Gasteiger partial charge is 0.392 e. The van der Waals surface area contributed by atoms with Gasteiger partial charge in [0.25, 0.3) is 10.0 Å². The summed E-state index contributed by atoms with van der Waals surface area (Å²) in [4.78, 5) is 0. The maximum absolute atomic E-state index is 12.2. The Labute approximate surface area is 124 Å². The molecule has 0 atom stereocenters. The predicted octanol–water partition coefficient (Wildman–Crippen LogP) is 3.11. The molecule has 1 aromatic carbocycles. The summed E-state index contributed by atoms with van der Waals surface area (Å²) >= 11 is 4.48. The molecule has 2 N–H and O–H groups in total. The summed E-state index contributed by atoms with van der Waals surface area (Å²) < 4.78 is 27.9. The lowest BCUT2D eigenvalue weighted by Crippen LogP contribution is -2.11. The number of halogens is 1. The molecule has 0 fully saturated rings. The normalized spacial score (nSPS) is 11.5. The molecule has 0 aliphatic rings. The number of hydrogen-bond acceptors (Lipinski definition) is 4. The van der Waals surface area contributed by atoms with Crippen LogP contribution in [0.2, 0.25) is 0 Å². The average molecular weight is 362 g/mol. The van der Waals surface area contributed by atoms with Crippen LogP contribution in [-0.2, 0) is 16.6 Å². The highest BCUT2D eigenvalue weighted by Gasteiger charge is 2.18. The van der Waals surface area contributed by atoms with Gasteiger partial charge in [0.05, 0.1) is 10.4 Å². The average Bonchev–Trinajstić information content (AvgIpc) is 2.70. The summed E-state index contributed by atoms with van der Waals surface area (Å²) in [6, 6.07) is 8.29. The molecule has 0 spiro atoms. The monoisotopic (exact) mass is 361 g/mol. The van der Waals surface area contributed by atoms with Gasteiger partial charge in [-0.1, -0.05) is 12.1 Å². The predicted molar refractivity (Wildman–Crippen MR) is 79.9 cm³/mol. The fourth-order valence-electron chi connectivity index (χ4n) is 1.50. The first-order chi connectivity index (χ1) is 8.92. The molecular formula is C12H12BrNO3S2. The lowest BCUT2D eigenvalue weighted by atomic mass is 10.2. The van der Waals surface area contributed by atoms with Crippen LogP contribution in [0.4, 0.5) is 5.69 Å². The summed E-state index contributed by atoms with van der Waals surface area (Å²) in [5.74, 6) is 0. The number of aryl methyl sites for hydroxylation is 1. The molecule has 1 heterocycles. The minimum absolute atomic E-state index is 0.126. The maximum Gasteiger partial charge on any atom is 0.271 e. The Morgan fingerprint density at radius 1 is 1.37 bits per heavy atom. The number of aliphatic hydroxyl groups excluding tert-OH is 1. The molecule has 0 saturated carbocycles. The van der Waals surface area contributed by atoms with Crippen molar-refractivity contribution in [2.24, 2.45) is 0 Å². The van der Waals surface area contributed by atoms with Crippen molar-refractivity contribution in [3.8, 4) is 0 Å². The molecule has 2 rings (SSSR count). The number of anilines is 1. The van der Waals surface area contributed by atoms with Gasteiger partial charge < -0.3 is 5.11 Å². The summed E-state index contributed by atoms with van der Waals surface area (Å²) in [7, 11) is -3.58. The second-order valence-electron chi connectivity index (χ2n) is 3.99. The van der Waals surface area contributed by atoms with Crippen LogP contribution in [0.15, 0.2) is 38.3 Å². The van der Waals surface area contributed by atoms with E-state index in [1.54, 1.807) is 30.3 Å². The van der Waals surface area contributed by atoms with E-state index in [1.165, 1.54) is 11.3 Å². The number of rotatable bonds is 4. The molecule has 0 amide bonds. The van der Waals surface area contributed by atoms with Gasteiger partial charge in [-0.3, -0.25) is 4.72 Å². The highest BCUT2D eigenvalue weighted by atomic mass is 79.9. The molecule has 0 aliphatic carbocycles. The number of thiophene rings is 1. The zero-order chi connectivity index (χ0) is 14.0. The van der Waals surface area contributed by atoms with Gasteiger partial charge in [-0.2, -0.15) is 0 Å². The number of benzene rings is 1. The van der Waals surface area contributed by atoms with Crippen molar-refractivity contribution in [2.75, 3.05) is 4.72 Å². The molecule has 19 heavy (non-hydrogen) atoms. The molecule has 2 aromatic rings. The smallest absolute Gasteiger partial charge is 0.271 e. The highest BCUT2D eigenvalue weighted by molar-refractivity contribution is 9.11. The number of hydrogen-bond donors (Lipinski definition) is 2. The molecular weight excluding hydrogens is 350 g/mol. The Hall–Kier alpha value is -0.890. The fourth-order valence-corrected chi connectivity index (χ4v) is 4.78. The van der Waals surface area contributed by atoms with Gasteiger partial charge in [0.1, 0.15) is 4.21 Å². The van der Waals surface area contributed by atoms with Gasteiger partial charge in [0.2, 0.25) is 0 Å². The lowest BCUT2D eigenvalue weighted by molar-refractivity contribution is 0.282. The summed E-state index contributed by atoms with van der Waals surface area (Å²) in [6.45, 7) is 1.71. The Bertz CT molecular complexity index is 675. The Kier molecular flexibility index (Phi) is 4.29. The first-order valence-corrected chi connectivity index (χ1v) is 8.50. The third kappa shape index (κ3) is 3.36. The van der Waals surface area contributed by atoms with Gasteiger partial charge in [-0.15, -0.1) is 11.3 Å². The van der Waals surface area contributed by atoms with Crippen LogP contribution < -0.4 is 4.72 Å². The van der Waals surface area contributed by atoms with Crippen LogP contribution in [0, 0.1) is 6.92 Å². The lowest BCUT2D eigenvalue weighted by Gasteiger charge is -2.07. The van der Waals surface area contributed by atoms with Crippen LogP contribution in [0.3, 0.4) is 0 Å². The zero-order valence-corrected chi connectivity index (χ0v) is 13.3. The van der Waals surface area contributed by atoms with E-state index >= 15 is 0 Å². The van der Waals surface area contributed by atoms with Gasteiger partial charge in [0.15, 0.2) is 0 Å². The Morgan fingerprint density at radius 2 is 2.11 bits per heavy atom. The minimum atomic E-state index is -3.58. The molecule has 0 aliphatic heterocycles. The van der Waals surface area contributed by atoms with Gasteiger partial charge in [-0.25, -0.2) is 8.42 Å². The number of aliphatic hydroxyl groups is 1. The van der Waals surface area contributed by atoms with Gasteiger partial charge >= 0.3 is 0 Å². The molecule has 102 valence electrons. The molecule has 0 radical (unpaired) electrons.